The van der Waals surface area contributed by atoms with E-state index in [4.69, 9.17) is 13.9 Å². The molecule has 1 saturated heterocycles. The minimum Gasteiger partial charge on any atom is -0.460 e. The SMILES string of the molecule is COCCCCOC(=O)c1cc2cc(NC(=O)[C@H]3NCCC3C3CCCCC3)ccc2o1. The van der Waals surface area contributed by atoms with Crippen molar-refractivity contribution >= 4 is 28.5 Å². The molecule has 1 saturated carbocycles. The Morgan fingerprint density at radius 3 is 2.72 bits per heavy atom. The average molecular weight is 443 g/mol. The number of rotatable bonds is 9. The summed E-state index contributed by atoms with van der Waals surface area (Å²) in [6.45, 7) is 1.88. The van der Waals surface area contributed by atoms with E-state index < -0.39 is 5.97 Å². The lowest BCUT2D eigenvalue weighted by molar-refractivity contribution is -0.119. The van der Waals surface area contributed by atoms with E-state index in [1.54, 1.807) is 19.2 Å². The number of carbonyl (C=O) groups is 2. The van der Waals surface area contributed by atoms with Gasteiger partial charge in [0, 0.05) is 24.8 Å². The lowest BCUT2D eigenvalue weighted by Crippen LogP contribution is -2.42. The number of furan rings is 1. The summed E-state index contributed by atoms with van der Waals surface area (Å²) in [6.07, 6.45) is 9.01. The topological polar surface area (TPSA) is 89.8 Å². The van der Waals surface area contributed by atoms with Crippen LogP contribution in [0.3, 0.4) is 0 Å². The van der Waals surface area contributed by atoms with Crippen LogP contribution in [0.25, 0.3) is 11.0 Å². The molecular formula is C25H34N2O5. The molecular weight excluding hydrogens is 408 g/mol. The first kappa shape index (κ1) is 22.8. The van der Waals surface area contributed by atoms with Gasteiger partial charge in [0.25, 0.3) is 0 Å². The van der Waals surface area contributed by atoms with Crippen LogP contribution in [-0.4, -0.2) is 44.8 Å². The van der Waals surface area contributed by atoms with E-state index >= 15 is 0 Å². The molecule has 2 fully saturated rings. The highest BCUT2D eigenvalue weighted by molar-refractivity contribution is 5.98. The average Bonchev–Trinajstić information content (AvgIpc) is 3.46. The maximum atomic E-state index is 13.0. The molecule has 1 aromatic carbocycles. The molecule has 1 aliphatic carbocycles. The molecule has 2 N–H and O–H groups in total. The Morgan fingerprint density at radius 1 is 1.09 bits per heavy atom. The van der Waals surface area contributed by atoms with Crippen LogP contribution in [0.15, 0.2) is 28.7 Å². The van der Waals surface area contributed by atoms with Crippen molar-refractivity contribution in [2.75, 3.05) is 32.2 Å². The molecule has 2 aliphatic rings. The highest BCUT2D eigenvalue weighted by atomic mass is 16.5. The molecule has 174 valence electrons. The standard InChI is InChI=1S/C25H34N2O5/c1-30-13-5-6-14-31-25(29)22-16-18-15-19(9-10-21(18)32-22)27-24(28)23-20(11-12-26-23)17-7-3-2-4-8-17/h9-10,15-17,20,23,26H,2-8,11-14H2,1H3,(H,27,28)/t20?,23-/m0/s1. The van der Waals surface area contributed by atoms with Gasteiger partial charge in [-0.05, 0) is 61.9 Å². The first-order valence-electron chi connectivity index (χ1n) is 11.9. The number of nitrogens with one attached hydrogen (secondary N) is 2. The maximum Gasteiger partial charge on any atom is 0.374 e. The van der Waals surface area contributed by atoms with Crippen molar-refractivity contribution in [3.8, 4) is 0 Å². The minimum absolute atomic E-state index is 0.0246. The van der Waals surface area contributed by atoms with Crippen molar-refractivity contribution in [1.82, 2.24) is 5.32 Å². The van der Waals surface area contributed by atoms with Gasteiger partial charge in [-0.2, -0.15) is 0 Å². The second-order valence-electron chi connectivity index (χ2n) is 8.97. The van der Waals surface area contributed by atoms with Crippen molar-refractivity contribution < 1.29 is 23.5 Å². The smallest absolute Gasteiger partial charge is 0.374 e. The molecule has 0 spiro atoms. The van der Waals surface area contributed by atoms with Crippen LogP contribution in [0.4, 0.5) is 5.69 Å². The van der Waals surface area contributed by atoms with Gasteiger partial charge in [-0.1, -0.05) is 32.1 Å². The van der Waals surface area contributed by atoms with Gasteiger partial charge in [0.2, 0.25) is 11.7 Å². The Bertz CT molecular complexity index is 918. The normalized spacial score (nSPS) is 21.7. The Hall–Kier alpha value is -2.38. The number of anilines is 1. The summed E-state index contributed by atoms with van der Waals surface area (Å²) in [7, 11) is 1.65. The predicted octanol–water partition coefficient (Wildman–Crippen LogP) is 4.51. The van der Waals surface area contributed by atoms with E-state index in [2.05, 4.69) is 10.6 Å². The molecule has 7 heteroatoms. The van der Waals surface area contributed by atoms with E-state index in [1.165, 1.54) is 32.1 Å². The third-order valence-corrected chi connectivity index (χ3v) is 6.77. The molecule has 7 nitrogen and oxygen atoms in total. The highest BCUT2D eigenvalue weighted by Gasteiger charge is 2.38. The molecule has 1 amide bonds. The molecule has 0 radical (unpaired) electrons. The summed E-state index contributed by atoms with van der Waals surface area (Å²) < 4.78 is 15.9. The lowest BCUT2D eigenvalue weighted by Gasteiger charge is -2.30. The molecule has 2 aromatic rings. The van der Waals surface area contributed by atoms with Gasteiger partial charge in [-0.15, -0.1) is 0 Å². The number of amides is 1. The molecule has 1 unspecified atom stereocenters. The number of fused-ring (bicyclic) bond motifs is 1. The van der Waals surface area contributed by atoms with Crippen LogP contribution in [0, 0.1) is 11.8 Å². The maximum absolute atomic E-state index is 13.0. The molecule has 1 aliphatic heterocycles. The second-order valence-corrected chi connectivity index (χ2v) is 8.97. The zero-order chi connectivity index (χ0) is 22.3. The fraction of sp³-hybridized carbons (Fsp3) is 0.600. The number of benzene rings is 1. The van der Waals surface area contributed by atoms with Crippen LogP contribution in [0.5, 0.6) is 0 Å². The first-order chi connectivity index (χ1) is 15.7. The number of unbranched alkanes of at least 4 members (excludes halogenated alkanes) is 1. The first-order valence-corrected chi connectivity index (χ1v) is 11.9. The summed E-state index contributed by atoms with van der Waals surface area (Å²) in [5.41, 5.74) is 1.30. The molecule has 2 atom stereocenters. The Balaban J connectivity index is 1.36. The largest absolute Gasteiger partial charge is 0.460 e. The predicted molar refractivity (Wildman–Crippen MR) is 123 cm³/mol. The Kier molecular flexibility index (Phi) is 7.81. The summed E-state index contributed by atoms with van der Waals surface area (Å²) in [5.74, 6) is 0.781. The van der Waals surface area contributed by atoms with E-state index in [0.29, 0.717) is 36.3 Å². The number of methoxy groups -OCH3 is 1. The van der Waals surface area contributed by atoms with Crippen LogP contribution in [-0.2, 0) is 14.3 Å². The van der Waals surface area contributed by atoms with Gasteiger partial charge in [0.05, 0.1) is 12.6 Å². The lowest BCUT2D eigenvalue weighted by atomic mass is 9.76. The van der Waals surface area contributed by atoms with Crippen molar-refractivity contribution in [3.05, 3.63) is 30.0 Å². The number of hydrogen-bond donors (Lipinski definition) is 2. The third kappa shape index (κ3) is 5.51. The van der Waals surface area contributed by atoms with Gasteiger partial charge in [0.15, 0.2) is 0 Å². The minimum atomic E-state index is -0.477. The fourth-order valence-corrected chi connectivity index (χ4v) is 5.11. The molecule has 32 heavy (non-hydrogen) atoms. The Morgan fingerprint density at radius 2 is 1.91 bits per heavy atom. The zero-order valence-corrected chi connectivity index (χ0v) is 18.9. The number of hydrogen-bond acceptors (Lipinski definition) is 6. The van der Waals surface area contributed by atoms with Crippen molar-refractivity contribution in [2.24, 2.45) is 11.8 Å². The second kappa shape index (κ2) is 11.0. The van der Waals surface area contributed by atoms with Crippen LogP contribution in [0.2, 0.25) is 0 Å². The van der Waals surface area contributed by atoms with E-state index in [0.717, 1.165) is 31.2 Å². The Labute approximate surface area is 189 Å². The monoisotopic (exact) mass is 442 g/mol. The van der Waals surface area contributed by atoms with E-state index in [1.807, 2.05) is 12.1 Å². The van der Waals surface area contributed by atoms with Gasteiger partial charge in [-0.25, -0.2) is 4.79 Å². The van der Waals surface area contributed by atoms with Crippen LogP contribution in [0.1, 0.15) is 61.9 Å². The van der Waals surface area contributed by atoms with Crippen LogP contribution < -0.4 is 10.6 Å². The number of esters is 1. The number of carbonyl (C=O) groups excluding carboxylic acids is 2. The molecule has 1 aromatic heterocycles. The summed E-state index contributed by atoms with van der Waals surface area (Å²) >= 11 is 0. The molecule has 2 heterocycles. The third-order valence-electron chi connectivity index (χ3n) is 6.77. The summed E-state index contributed by atoms with van der Waals surface area (Å²) in [4.78, 5) is 25.3. The van der Waals surface area contributed by atoms with Gasteiger partial charge >= 0.3 is 5.97 Å². The van der Waals surface area contributed by atoms with Crippen molar-refractivity contribution in [2.45, 2.75) is 57.4 Å². The molecule has 0 bridgehead atoms. The number of ether oxygens (including phenoxy) is 2. The summed E-state index contributed by atoms with van der Waals surface area (Å²) in [6, 6.07) is 6.97. The summed E-state index contributed by atoms with van der Waals surface area (Å²) in [5, 5.41) is 7.24. The van der Waals surface area contributed by atoms with Crippen LogP contribution >= 0.6 is 0 Å². The van der Waals surface area contributed by atoms with E-state index in [9.17, 15) is 9.59 Å². The van der Waals surface area contributed by atoms with Gasteiger partial charge in [0.1, 0.15) is 5.58 Å². The zero-order valence-electron chi connectivity index (χ0n) is 18.9. The van der Waals surface area contributed by atoms with Gasteiger partial charge in [-0.3, -0.25) is 4.79 Å². The highest BCUT2D eigenvalue weighted by Crippen LogP contribution is 2.36. The molecule has 4 rings (SSSR count). The fourth-order valence-electron chi connectivity index (χ4n) is 5.11. The van der Waals surface area contributed by atoms with Gasteiger partial charge < -0.3 is 24.5 Å². The quantitative estimate of drug-likeness (QED) is 0.439. The van der Waals surface area contributed by atoms with E-state index in [-0.39, 0.29) is 17.7 Å². The van der Waals surface area contributed by atoms with Crippen molar-refractivity contribution in [1.29, 1.82) is 0 Å². The van der Waals surface area contributed by atoms with Crippen molar-refractivity contribution in [3.63, 3.8) is 0 Å².